The number of amides is 1. The molecule has 0 aliphatic carbocycles. The molecule has 0 atom stereocenters. The Morgan fingerprint density at radius 1 is 1.29 bits per heavy atom. The van der Waals surface area contributed by atoms with E-state index in [9.17, 15) is 4.79 Å². The van der Waals surface area contributed by atoms with Crippen LogP contribution in [0.1, 0.15) is 12.0 Å². The Morgan fingerprint density at radius 3 is 2.81 bits per heavy atom. The van der Waals surface area contributed by atoms with Gasteiger partial charge in [0.15, 0.2) is 0 Å². The fourth-order valence-electron chi connectivity index (χ4n) is 1.81. The molecule has 0 spiro atoms. The van der Waals surface area contributed by atoms with E-state index in [0.717, 1.165) is 17.1 Å². The Hall–Kier alpha value is -2.56. The first-order valence-electron chi connectivity index (χ1n) is 6.80. The molecule has 2 rings (SSSR count). The number of pyridine rings is 1. The largest absolute Gasteiger partial charge is 0.493 e. The van der Waals surface area contributed by atoms with Crippen LogP contribution in [0.5, 0.6) is 5.75 Å². The highest BCUT2D eigenvalue weighted by molar-refractivity contribution is 5.90. The van der Waals surface area contributed by atoms with E-state index < -0.39 is 0 Å². The van der Waals surface area contributed by atoms with Gasteiger partial charge in [-0.15, -0.1) is 0 Å². The molecule has 1 aromatic carbocycles. The van der Waals surface area contributed by atoms with Crippen LogP contribution in [0, 0.1) is 6.92 Å². The van der Waals surface area contributed by atoms with Gasteiger partial charge in [0, 0.05) is 7.05 Å². The Morgan fingerprint density at radius 2 is 2.14 bits per heavy atom. The normalized spacial score (nSPS) is 10.0. The van der Waals surface area contributed by atoms with Crippen LogP contribution in [0.3, 0.4) is 0 Å². The molecule has 1 heterocycles. The van der Waals surface area contributed by atoms with Crippen LogP contribution in [0.2, 0.25) is 0 Å². The van der Waals surface area contributed by atoms with Gasteiger partial charge in [0.25, 0.3) is 0 Å². The summed E-state index contributed by atoms with van der Waals surface area (Å²) in [5.74, 6) is 1.44. The molecule has 5 heteroatoms. The van der Waals surface area contributed by atoms with Crippen molar-refractivity contribution in [1.29, 1.82) is 0 Å². The van der Waals surface area contributed by atoms with Gasteiger partial charge in [-0.25, -0.2) is 4.98 Å². The minimum atomic E-state index is -0.0957. The summed E-state index contributed by atoms with van der Waals surface area (Å²) in [5.41, 5.74) is 1.81. The van der Waals surface area contributed by atoms with Crippen LogP contribution in [0.25, 0.3) is 0 Å². The molecule has 5 nitrogen and oxygen atoms in total. The summed E-state index contributed by atoms with van der Waals surface area (Å²) in [6.07, 6.45) is 1.91. The quantitative estimate of drug-likeness (QED) is 0.856. The fourth-order valence-corrected chi connectivity index (χ4v) is 1.81. The number of anilines is 2. The number of nitrogens with one attached hydrogen (secondary N) is 2. The second-order valence-electron chi connectivity index (χ2n) is 4.65. The highest BCUT2D eigenvalue weighted by Gasteiger charge is 2.03. The first kappa shape index (κ1) is 14.8. The predicted octanol–water partition coefficient (Wildman–Crippen LogP) is 2.84. The molecule has 0 aliphatic heterocycles. The summed E-state index contributed by atoms with van der Waals surface area (Å²) in [7, 11) is 1.79. The van der Waals surface area contributed by atoms with Gasteiger partial charge in [0.05, 0.1) is 24.9 Å². The number of aromatic nitrogens is 1. The zero-order valence-corrected chi connectivity index (χ0v) is 12.2. The third-order valence-electron chi connectivity index (χ3n) is 2.89. The maximum Gasteiger partial charge on any atom is 0.227 e. The van der Waals surface area contributed by atoms with Crippen molar-refractivity contribution in [2.24, 2.45) is 0 Å². The molecule has 1 aromatic heterocycles. The SMILES string of the molecule is CNc1ccc(NC(=O)CCOc2cccc(C)c2)cn1. The highest BCUT2D eigenvalue weighted by Crippen LogP contribution is 2.13. The first-order valence-corrected chi connectivity index (χ1v) is 6.80. The number of benzene rings is 1. The standard InChI is InChI=1S/C16H19N3O2/c1-12-4-3-5-14(10-12)21-9-8-16(20)19-13-6-7-15(17-2)18-11-13/h3-7,10-11H,8-9H2,1-2H3,(H,17,18)(H,19,20). The van der Waals surface area contributed by atoms with E-state index in [1.807, 2.05) is 31.2 Å². The van der Waals surface area contributed by atoms with Crippen molar-refractivity contribution < 1.29 is 9.53 Å². The number of hydrogen-bond donors (Lipinski definition) is 2. The first-order chi connectivity index (χ1) is 10.2. The van der Waals surface area contributed by atoms with Gasteiger partial charge in [0.2, 0.25) is 5.91 Å². The summed E-state index contributed by atoms with van der Waals surface area (Å²) in [5, 5.41) is 5.70. The Kier molecular flexibility index (Phi) is 5.15. The van der Waals surface area contributed by atoms with Crippen molar-refractivity contribution in [1.82, 2.24) is 4.98 Å². The molecule has 0 bridgehead atoms. The predicted molar refractivity (Wildman–Crippen MR) is 83.7 cm³/mol. The minimum Gasteiger partial charge on any atom is -0.493 e. The number of hydrogen-bond acceptors (Lipinski definition) is 4. The van der Waals surface area contributed by atoms with Gasteiger partial charge in [-0.3, -0.25) is 4.79 Å². The van der Waals surface area contributed by atoms with Crippen molar-refractivity contribution in [2.75, 3.05) is 24.3 Å². The topological polar surface area (TPSA) is 63.2 Å². The second kappa shape index (κ2) is 7.28. The molecule has 0 saturated heterocycles. The van der Waals surface area contributed by atoms with Crippen LogP contribution >= 0.6 is 0 Å². The highest BCUT2D eigenvalue weighted by atomic mass is 16.5. The monoisotopic (exact) mass is 285 g/mol. The van der Waals surface area contributed by atoms with Gasteiger partial charge in [-0.2, -0.15) is 0 Å². The molecule has 1 amide bonds. The van der Waals surface area contributed by atoms with Crippen molar-refractivity contribution >= 4 is 17.4 Å². The summed E-state index contributed by atoms with van der Waals surface area (Å²) in [6, 6.07) is 11.4. The minimum absolute atomic E-state index is 0.0957. The smallest absolute Gasteiger partial charge is 0.227 e. The summed E-state index contributed by atoms with van der Waals surface area (Å²) in [6.45, 7) is 2.35. The number of carbonyl (C=O) groups is 1. The lowest BCUT2D eigenvalue weighted by molar-refractivity contribution is -0.116. The molecule has 21 heavy (non-hydrogen) atoms. The van der Waals surface area contributed by atoms with E-state index >= 15 is 0 Å². The maximum absolute atomic E-state index is 11.8. The third-order valence-corrected chi connectivity index (χ3v) is 2.89. The van der Waals surface area contributed by atoms with Crippen LogP contribution < -0.4 is 15.4 Å². The summed E-state index contributed by atoms with van der Waals surface area (Å²) in [4.78, 5) is 15.9. The maximum atomic E-state index is 11.8. The average molecular weight is 285 g/mol. The number of nitrogens with zero attached hydrogens (tertiary/aromatic N) is 1. The van der Waals surface area contributed by atoms with Crippen LogP contribution in [-0.4, -0.2) is 24.5 Å². The van der Waals surface area contributed by atoms with Crippen molar-refractivity contribution in [3.05, 3.63) is 48.2 Å². The van der Waals surface area contributed by atoms with E-state index in [0.29, 0.717) is 18.7 Å². The summed E-state index contributed by atoms with van der Waals surface area (Å²) < 4.78 is 5.55. The number of rotatable bonds is 6. The van der Waals surface area contributed by atoms with E-state index in [1.54, 1.807) is 25.4 Å². The third kappa shape index (κ3) is 4.80. The number of ether oxygens (including phenoxy) is 1. The number of aryl methyl sites for hydroxylation is 1. The molecule has 0 radical (unpaired) electrons. The lowest BCUT2D eigenvalue weighted by atomic mass is 10.2. The van der Waals surface area contributed by atoms with Gasteiger partial charge in [-0.05, 0) is 36.8 Å². The van der Waals surface area contributed by atoms with E-state index in [4.69, 9.17) is 4.74 Å². The van der Waals surface area contributed by atoms with E-state index in [2.05, 4.69) is 15.6 Å². The Bertz CT molecular complexity index is 597. The van der Waals surface area contributed by atoms with Crippen molar-refractivity contribution in [2.45, 2.75) is 13.3 Å². The molecule has 0 unspecified atom stereocenters. The summed E-state index contributed by atoms with van der Waals surface area (Å²) >= 11 is 0. The Labute approximate surface area is 124 Å². The van der Waals surface area contributed by atoms with Gasteiger partial charge in [0.1, 0.15) is 11.6 Å². The average Bonchev–Trinajstić information content (AvgIpc) is 2.48. The zero-order valence-electron chi connectivity index (χ0n) is 12.2. The lowest BCUT2D eigenvalue weighted by Gasteiger charge is -2.08. The van der Waals surface area contributed by atoms with E-state index in [1.165, 1.54) is 0 Å². The molecular formula is C16H19N3O2. The van der Waals surface area contributed by atoms with Crippen LogP contribution in [0.4, 0.5) is 11.5 Å². The van der Waals surface area contributed by atoms with Gasteiger partial charge in [-0.1, -0.05) is 12.1 Å². The van der Waals surface area contributed by atoms with Gasteiger partial charge >= 0.3 is 0 Å². The lowest BCUT2D eigenvalue weighted by Crippen LogP contribution is -2.15. The Balaban J connectivity index is 1.76. The zero-order chi connectivity index (χ0) is 15.1. The fraction of sp³-hybridized carbons (Fsp3) is 0.250. The van der Waals surface area contributed by atoms with E-state index in [-0.39, 0.29) is 5.91 Å². The van der Waals surface area contributed by atoms with Crippen molar-refractivity contribution in [3.8, 4) is 5.75 Å². The van der Waals surface area contributed by atoms with Gasteiger partial charge < -0.3 is 15.4 Å². The molecule has 0 saturated carbocycles. The van der Waals surface area contributed by atoms with Crippen LogP contribution in [0.15, 0.2) is 42.6 Å². The van der Waals surface area contributed by atoms with Crippen molar-refractivity contribution in [3.63, 3.8) is 0 Å². The molecule has 2 N–H and O–H groups in total. The molecular weight excluding hydrogens is 266 g/mol. The second-order valence-corrected chi connectivity index (χ2v) is 4.65. The number of carbonyl (C=O) groups excluding carboxylic acids is 1. The molecule has 0 fully saturated rings. The molecule has 0 aliphatic rings. The molecule has 110 valence electrons. The molecule has 2 aromatic rings. The van der Waals surface area contributed by atoms with Crippen LogP contribution in [-0.2, 0) is 4.79 Å².